The van der Waals surface area contributed by atoms with Crippen LogP contribution in [0.5, 0.6) is 0 Å². The molecule has 106 valence electrons. The largest absolute Gasteiger partial charge is 0.468 e. The van der Waals surface area contributed by atoms with Crippen LogP contribution in [0.1, 0.15) is 18.7 Å². The van der Waals surface area contributed by atoms with E-state index in [9.17, 15) is 4.79 Å². The third-order valence-corrected chi connectivity index (χ3v) is 3.82. The van der Waals surface area contributed by atoms with Gasteiger partial charge < -0.3 is 15.1 Å². The number of hydrogen-bond donors (Lipinski definition) is 2. The first-order chi connectivity index (χ1) is 9.09. The average Bonchev–Trinajstić information content (AvgIpc) is 3.00. The highest BCUT2D eigenvalue weighted by Gasteiger charge is 2.30. The molecule has 5 heteroatoms. The number of nitrogens with zero attached hydrogens (tertiary/aromatic N) is 1. The average molecular weight is 265 g/mol. The highest BCUT2D eigenvalue weighted by Crippen LogP contribution is 2.19. The lowest BCUT2D eigenvalue weighted by Crippen LogP contribution is -2.39. The molecule has 19 heavy (non-hydrogen) atoms. The molecule has 3 atom stereocenters. The van der Waals surface area contributed by atoms with Crippen LogP contribution < -0.4 is 10.6 Å². The van der Waals surface area contributed by atoms with Gasteiger partial charge in [-0.05, 0) is 38.7 Å². The van der Waals surface area contributed by atoms with Gasteiger partial charge in [0.1, 0.15) is 5.76 Å². The number of carbonyl (C=O) groups excluding carboxylic acids is 1. The number of nitrogens with one attached hydrogen (secondary N) is 2. The summed E-state index contributed by atoms with van der Waals surface area (Å²) in [5.74, 6) is 1.50. The topological polar surface area (TPSA) is 57.5 Å². The molecule has 1 fully saturated rings. The Hall–Kier alpha value is -1.33. The zero-order chi connectivity index (χ0) is 13.8. The van der Waals surface area contributed by atoms with Gasteiger partial charge in [-0.25, -0.2) is 0 Å². The molecular formula is C14H23N3O2. The third kappa shape index (κ3) is 3.36. The van der Waals surface area contributed by atoms with Gasteiger partial charge in [-0.15, -0.1) is 0 Å². The van der Waals surface area contributed by atoms with E-state index in [-0.39, 0.29) is 17.9 Å². The van der Waals surface area contributed by atoms with Gasteiger partial charge in [-0.3, -0.25) is 9.69 Å². The maximum Gasteiger partial charge on any atom is 0.224 e. The zero-order valence-electron chi connectivity index (χ0n) is 11.8. The van der Waals surface area contributed by atoms with Crippen molar-refractivity contribution in [3.05, 3.63) is 24.2 Å². The second-order valence-electron chi connectivity index (χ2n) is 5.48. The van der Waals surface area contributed by atoms with Crippen molar-refractivity contribution in [3.63, 3.8) is 0 Å². The molecule has 2 heterocycles. The first-order valence-electron chi connectivity index (χ1n) is 6.78. The van der Waals surface area contributed by atoms with E-state index in [1.54, 1.807) is 6.26 Å². The summed E-state index contributed by atoms with van der Waals surface area (Å²) < 4.78 is 5.43. The molecule has 1 aliphatic rings. The van der Waals surface area contributed by atoms with E-state index in [0.29, 0.717) is 12.5 Å². The van der Waals surface area contributed by atoms with Crippen molar-refractivity contribution in [2.45, 2.75) is 13.0 Å². The lowest BCUT2D eigenvalue weighted by atomic mass is 9.97. The van der Waals surface area contributed by atoms with Crippen LogP contribution in [0.25, 0.3) is 0 Å². The van der Waals surface area contributed by atoms with Crippen molar-refractivity contribution in [1.82, 2.24) is 15.5 Å². The molecule has 1 amide bonds. The molecule has 0 aromatic carbocycles. The minimum absolute atomic E-state index is 0.0728. The molecular weight excluding hydrogens is 242 g/mol. The Morgan fingerprint density at radius 2 is 2.37 bits per heavy atom. The summed E-state index contributed by atoms with van der Waals surface area (Å²) >= 11 is 0. The van der Waals surface area contributed by atoms with Crippen LogP contribution in [0, 0.1) is 11.8 Å². The van der Waals surface area contributed by atoms with Gasteiger partial charge >= 0.3 is 0 Å². The first kappa shape index (κ1) is 14.1. The molecule has 2 rings (SSSR count). The zero-order valence-corrected chi connectivity index (χ0v) is 11.8. The van der Waals surface area contributed by atoms with E-state index in [2.05, 4.69) is 22.5 Å². The number of rotatable bonds is 5. The molecule has 0 aliphatic carbocycles. The lowest BCUT2D eigenvalue weighted by molar-refractivity contribution is -0.125. The summed E-state index contributed by atoms with van der Waals surface area (Å²) in [6.07, 6.45) is 1.66. The van der Waals surface area contributed by atoms with E-state index in [4.69, 9.17) is 4.42 Å². The molecule has 0 saturated carbocycles. The van der Waals surface area contributed by atoms with E-state index in [1.165, 1.54) is 0 Å². The molecule has 0 bridgehead atoms. The molecule has 0 spiro atoms. The van der Waals surface area contributed by atoms with Crippen LogP contribution in [0.3, 0.4) is 0 Å². The predicted octanol–water partition coefficient (Wildman–Crippen LogP) is 0.854. The van der Waals surface area contributed by atoms with Crippen molar-refractivity contribution < 1.29 is 9.21 Å². The van der Waals surface area contributed by atoms with Crippen molar-refractivity contribution in [1.29, 1.82) is 0 Å². The molecule has 3 unspecified atom stereocenters. The second kappa shape index (κ2) is 6.21. The van der Waals surface area contributed by atoms with Crippen LogP contribution in [-0.2, 0) is 4.79 Å². The smallest absolute Gasteiger partial charge is 0.224 e. The van der Waals surface area contributed by atoms with Crippen molar-refractivity contribution >= 4 is 5.91 Å². The Balaban J connectivity index is 1.90. The summed E-state index contributed by atoms with van der Waals surface area (Å²) in [5, 5.41) is 6.30. The standard InChI is InChI=1S/C14H23N3O2/c1-10-7-15-8-11(10)14(18)16-9-12(17(2)3)13-5-4-6-19-13/h4-6,10-12,15H,7-9H2,1-3H3,(H,16,18). The normalized spacial score (nSPS) is 24.6. The maximum absolute atomic E-state index is 12.2. The maximum atomic E-state index is 12.2. The van der Waals surface area contributed by atoms with E-state index in [0.717, 1.165) is 18.8 Å². The quantitative estimate of drug-likeness (QED) is 0.829. The molecule has 5 nitrogen and oxygen atoms in total. The Labute approximate surface area is 114 Å². The number of likely N-dealkylation sites (N-methyl/N-ethyl adjacent to an activating group) is 1. The minimum Gasteiger partial charge on any atom is -0.468 e. The highest BCUT2D eigenvalue weighted by atomic mass is 16.3. The van der Waals surface area contributed by atoms with Crippen LogP contribution in [0.15, 0.2) is 22.8 Å². The number of furan rings is 1. The fourth-order valence-corrected chi connectivity index (χ4v) is 2.51. The minimum atomic E-state index is 0.0728. The van der Waals surface area contributed by atoms with Gasteiger partial charge in [0.15, 0.2) is 0 Å². The second-order valence-corrected chi connectivity index (χ2v) is 5.48. The van der Waals surface area contributed by atoms with Crippen molar-refractivity contribution in [3.8, 4) is 0 Å². The summed E-state index contributed by atoms with van der Waals surface area (Å²) in [6, 6.07) is 3.89. The third-order valence-electron chi connectivity index (χ3n) is 3.82. The van der Waals surface area contributed by atoms with Crippen LogP contribution in [0.2, 0.25) is 0 Å². The predicted molar refractivity (Wildman–Crippen MR) is 73.7 cm³/mol. The van der Waals surface area contributed by atoms with E-state index < -0.39 is 0 Å². The Bertz CT molecular complexity index is 403. The lowest BCUT2D eigenvalue weighted by Gasteiger charge is -2.24. The highest BCUT2D eigenvalue weighted by molar-refractivity contribution is 5.79. The van der Waals surface area contributed by atoms with Gasteiger partial charge in [0.05, 0.1) is 18.2 Å². The van der Waals surface area contributed by atoms with Gasteiger partial charge in [0.2, 0.25) is 5.91 Å². The summed E-state index contributed by atoms with van der Waals surface area (Å²) in [6.45, 7) is 4.39. The fourth-order valence-electron chi connectivity index (χ4n) is 2.51. The van der Waals surface area contributed by atoms with Crippen molar-refractivity contribution in [2.24, 2.45) is 11.8 Å². The molecule has 1 aliphatic heterocycles. The number of amides is 1. The molecule has 1 aromatic heterocycles. The van der Waals surface area contributed by atoms with Crippen molar-refractivity contribution in [2.75, 3.05) is 33.7 Å². The fraction of sp³-hybridized carbons (Fsp3) is 0.643. The molecule has 1 aromatic rings. The first-order valence-corrected chi connectivity index (χ1v) is 6.78. The Morgan fingerprint density at radius 3 is 2.89 bits per heavy atom. The Kier molecular flexibility index (Phi) is 4.61. The number of carbonyl (C=O) groups is 1. The molecule has 1 saturated heterocycles. The molecule has 2 N–H and O–H groups in total. The summed E-state index contributed by atoms with van der Waals surface area (Å²) in [5.41, 5.74) is 0. The summed E-state index contributed by atoms with van der Waals surface area (Å²) in [4.78, 5) is 14.2. The van der Waals surface area contributed by atoms with Gasteiger partial charge in [-0.1, -0.05) is 6.92 Å². The van der Waals surface area contributed by atoms with Crippen LogP contribution in [-0.4, -0.2) is 44.5 Å². The monoisotopic (exact) mass is 265 g/mol. The van der Waals surface area contributed by atoms with Gasteiger partial charge in [-0.2, -0.15) is 0 Å². The van der Waals surface area contributed by atoms with E-state index in [1.807, 2.05) is 26.2 Å². The van der Waals surface area contributed by atoms with Crippen LogP contribution >= 0.6 is 0 Å². The molecule has 0 radical (unpaired) electrons. The van der Waals surface area contributed by atoms with Gasteiger partial charge in [0.25, 0.3) is 0 Å². The van der Waals surface area contributed by atoms with Gasteiger partial charge in [0, 0.05) is 13.1 Å². The summed E-state index contributed by atoms with van der Waals surface area (Å²) in [7, 11) is 3.97. The SMILES string of the molecule is CC1CNCC1C(=O)NCC(c1ccco1)N(C)C. The van der Waals surface area contributed by atoms with Crippen LogP contribution in [0.4, 0.5) is 0 Å². The Morgan fingerprint density at radius 1 is 1.58 bits per heavy atom. The van der Waals surface area contributed by atoms with E-state index >= 15 is 0 Å². The number of hydrogen-bond acceptors (Lipinski definition) is 4.